The zero-order valence-corrected chi connectivity index (χ0v) is 21.3. The van der Waals surface area contributed by atoms with Crippen LogP contribution >= 0.6 is 15.9 Å². The fourth-order valence-corrected chi connectivity index (χ4v) is 6.06. The van der Waals surface area contributed by atoms with Gasteiger partial charge in [0, 0.05) is 22.5 Å². The molecule has 5 atom stereocenters. The number of benzene rings is 3. The van der Waals surface area contributed by atoms with Crippen LogP contribution in [0.3, 0.4) is 0 Å². The molecule has 3 aromatic carbocycles. The molecule has 9 heteroatoms. The van der Waals surface area contributed by atoms with Gasteiger partial charge in [0.25, 0.3) is 0 Å². The molecule has 0 aromatic heterocycles. The number of carbonyl (C=O) groups is 1. The SMILES string of the molecule is COC(=O)[C@H]1[C@@H](O)[C@@]2(O)c3c(OC)cc(OC)cc3O[C@@]2(c2ccc(Br)cc2)[C@@H]1c1cccc(F)c1. The first-order valence-electron chi connectivity index (χ1n) is 11.2. The Morgan fingerprint density at radius 2 is 1.78 bits per heavy atom. The van der Waals surface area contributed by atoms with Crippen molar-refractivity contribution in [2.75, 3.05) is 21.3 Å². The van der Waals surface area contributed by atoms with Crippen molar-refractivity contribution < 1.29 is 38.3 Å². The van der Waals surface area contributed by atoms with Crippen LogP contribution in [-0.2, 0) is 20.7 Å². The number of fused-ring (bicyclic) bond motifs is 3. The van der Waals surface area contributed by atoms with E-state index in [2.05, 4.69) is 15.9 Å². The molecular weight excluding hydrogens is 535 g/mol. The van der Waals surface area contributed by atoms with Gasteiger partial charge in [-0.15, -0.1) is 0 Å². The van der Waals surface area contributed by atoms with Crippen LogP contribution in [0.15, 0.2) is 65.1 Å². The molecule has 0 amide bonds. The monoisotopic (exact) mass is 558 g/mol. The van der Waals surface area contributed by atoms with Crippen molar-refractivity contribution in [3.05, 3.63) is 87.6 Å². The van der Waals surface area contributed by atoms with Gasteiger partial charge in [0.1, 0.15) is 29.2 Å². The molecule has 2 N–H and O–H groups in total. The van der Waals surface area contributed by atoms with E-state index in [9.17, 15) is 19.4 Å². The number of aliphatic hydroxyl groups excluding tert-OH is 1. The molecule has 1 fully saturated rings. The van der Waals surface area contributed by atoms with Gasteiger partial charge in [0.05, 0.1) is 32.8 Å². The zero-order valence-electron chi connectivity index (χ0n) is 19.7. The molecule has 0 bridgehead atoms. The van der Waals surface area contributed by atoms with E-state index in [0.29, 0.717) is 16.9 Å². The molecule has 2 aliphatic rings. The fourth-order valence-electron chi connectivity index (χ4n) is 5.80. The van der Waals surface area contributed by atoms with E-state index in [1.54, 1.807) is 42.5 Å². The molecule has 0 radical (unpaired) electrons. The molecule has 188 valence electrons. The standard InChI is InChI=1S/C27H24BrFO7/c1-33-18-12-19(34-2)23-20(13-18)36-27(15-7-9-16(28)10-8-15)22(14-5-4-6-17(29)11-14)21(25(31)35-3)24(30)26(23,27)32/h4-13,21-22,24,30,32H,1-3H3/t21-,22-,24-,26+,27+/m1/s1. The topological polar surface area (TPSA) is 94.5 Å². The van der Waals surface area contributed by atoms with Crippen LogP contribution in [0.4, 0.5) is 4.39 Å². The summed E-state index contributed by atoms with van der Waals surface area (Å²) in [6.07, 6.45) is -1.70. The Bertz CT molecular complexity index is 1330. The summed E-state index contributed by atoms with van der Waals surface area (Å²) in [6, 6.07) is 15.8. The lowest BCUT2D eigenvalue weighted by molar-refractivity contribution is -0.161. The highest BCUT2D eigenvalue weighted by Crippen LogP contribution is 2.70. The van der Waals surface area contributed by atoms with Crippen LogP contribution in [0, 0.1) is 11.7 Å². The molecular formula is C27H24BrFO7. The minimum atomic E-state index is -2.19. The van der Waals surface area contributed by atoms with Crippen LogP contribution in [0.2, 0.25) is 0 Å². The fraction of sp³-hybridized carbons (Fsp3) is 0.296. The third-order valence-electron chi connectivity index (χ3n) is 7.23. The number of hydrogen-bond donors (Lipinski definition) is 2. The van der Waals surface area contributed by atoms with Crippen molar-refractivity contribution in [3.8, 4) is 17.2 Å². The summed E-state index contributed by atoms with van der Waals surface area (Å²) in [4.78, 5) is 13.2. The Morgan fingerprint density at radius 3 is 2.39 bits per heavy atom. The van der Waals surface area contributed by atoms with E-state index in [-0.39, 0.29) is 17.1 Å². The number of hydrogen-bond acceptors (Lipinski definition) is 7. The van der Waals surface area contributed by atoms with Gasteiger partial charge >= 0.3 is 5.97 Å². The summed E-state index contributed by atoms with van der Waals surface area (Å²) < 4.78 is 37.9. The molecule has 0 saturated heterocycles. The lowest BCUT2D eigenvalue weighted by atomic mass is 9.70. The molecule has 36 heavy (non-hydrogen) atoms. The van der Waals surface area contributed by atoms with Crippen molar-refractivity contribution in [1.82, 2.24) is 0 Å². The molecule has 7 nitrogen and oxygen atoms in total. The Morgan fingerprint density at radius 1 is 1.06 bits per heavy atom. The Hall–Kier alpha value is -3.14. The van der Waals surface area contributed by atoms with Crippen LogP contribution in [-0.4, -0.2) is 43.6 Å². The van der Waals surface area contributed by atoms with E-state index < -0.39 is 40.9 Å². The molecule has 1 heterocycles. The van der Waals surface area contributed by atoms with Gasteiger partial charge in [-0.05, 0) is 35.4 Å². The lowest BCUT2D eigenvalue weighted by Crippen LogP contribution is -2.52. The van der Waals surface area contributed by atoms with Gasteiger partial charge in [-0.3, -0.25) is 4.79 Å². The first-order valence-corrected chi connectivity index (χ1v) is 12.0. The molecule has 1 aliphatic heterocycles. The predicted octanol–water partition coefficient (Wildman–Crippen LogP) is 4.03. The molecule has 0 spiro atoms. The third-order valence-corrected chi connectivity index (χ3v) is 7.76. The van der Waals surface area contributed by atoms with Crippen LogP contribution in [0.5, 0.6) is 17.2 Å². The van der Waals surface area contributed by atoms with Crippen molar-refractivity contribution in [1.29, 1.82) is 0 Å². The first kappa shape index (κ1) is 24.5. The lowest BCUT2D eigenvalue weighted by Gasteiger charge is -2.40. The van der Waals surface area contributed by atoms with Crippen molar-refractivity contribution in [2.24, 2.45) is 5.92 Å². The van der Waals surface area contributed by atoms with Gasteiger partial charge in [-0.1, -0.05) is 40.2 Å². The summed E-state index contributed by atoms with van der Waals surface area (Å²) in [5.74, 6) is -2.85. The van der Waals surface area contributed by atoms with Crippen molar-refractivity contribution in [2.45, 2.75) is 23.2 Å². The van der Waals surface area contributed by atoms with E-state index in [1.165, 1.54) is 39.5 Å². The maximum absolute atomic E-state index is 14.5. The zero-order chi connectivity index (χ0) is 25.8. The van der Waals surface area contributed by atoms with E-state index in [4.69, 9.17) is 18.9 Å². The highest BCUT2D eigenvalue weighted by Gasteiger charge is 2.78. The maximum Gasteiger partial charge on any atom is 0.312 e. The second kappa shape index (κ2) is 8.76. The summed E-state index contributed by atoms with van der Waals surface area (Å²) in [6.45, 7) is 0. The summed E-state index contributed by atoms with van der Waals surface area (Å²) >= 11 is 3.42. The molecule has 1 aliphatic carbocycles. The van der Waals surface area contributed by atoms with E-state index in [0.717, 1.165) is 4.47 Å². The summed E-state index contributed by atoms with van der Waals surface area (Å²) in [5, 5.41) is 24.4. The minimum absolute atomic E-state index is 0.161. The van der Waals surface area contributed by atoms with Crippen LogP contribution in [0.1, 0.15) is 22.6 Å². The number of rotatable bonds is 5. The summed E-state index contributed by atoms with van der Waals surface area (Å²) in [7, 11) is 4.09. The number of aliphatic hydroxyl groups is 2. The quantitative estimate of drug-likeness (QED) is 0.456. The molecule has 5 rings (SSSR count). The Balaban J connectivity index is 1.90. The molecule has 0 unspecified atom stereocenters. The number of halogens is 2. The number of esters is 1. The predicted molar refractivity (Wildman–Crippen MR) is 131 cm³/mol. The largest absolute Gasteiger partial charge is 0.496 e. The second-order valence-corrected chi connectivity index (χ2v) is 9.76. The normalized spacial score (nSPS) is 28.1. The maximum atomic E-state index is 14.5. The number of methoxy groups -OCH3 is 3. The van der Waals surface area contributed by atoms with Gasteiger partial charge in [-0.2, -0.15) is 0 Å². The van der Waals surface area contributed by atoms with Crippen LogP contribution < -0.4 is 14.2 Å². The average molecular weight is 559 g/mol. The molecule has 3 aromatic rings. The molecule has 1 saturated carbocycles. The third kappa shape index (κ3) is 3.19. The van der Waals surface area contributed by atoms with Crippen molar-refractivity contribution in [3.63, 3.8) is 0 Å². The van der Waals surface area contributed by atoms with E-state index in [1.807, 2.05) is 0 Å². The first-order chi connectivity index (χ1) is 17.2. The van der Waals surface area contributed by atoms with E-state index >= 15 is 0 Å². The number of carbonyl (C=O) groups excluding carboxylic acids is 1. The highest BCUT2D eigenvalue weighted by atomic mass is 79.9. The highest BCUT2D eigenvalue weighted by molar-refractivity contribution is 9.10. The smallest absolute Gasteiger partial charge is 0.312 e. The Labute approximate surface area is 215 Å². The average Bonchev–Trinajstić information content (AvgIpc) is 3.26. The van der Waals surface area contributed by atoms with Gasteiger partial charge in [0.15, 0.2) is 11.2 Å². The minimum Gasteiger partial charge on any atom is -0.496 e. The van der Waals surface area contributed by atoms with Gasteiger partial charge in [0.2, 0.25) is 0 Å². The number of ether oxygens (including phenoxy) is 4. The second-order valence-electron chi connectivity index (χ2n) is 8.84. The Kier molecular flexibility index (Phi) is 5.97. The van der Waals surface area contributed by atoms with Crippen LogP contribution in [0.25, 0.3) is 0 Å². The summed E-state index contributed by atoms with van der Waals surface area (Å²) in [5.41, 5.74) is -2.98. The van der Waals surface area contributed by atoms with Gasteiger partial charge in [-0.25, -0.2) is 4.39 Å². The van der Waals surface area contributed by atoms with Crippen molar-refractivity contribution >= 4 is 21.9 Å². The van der Waals surface area contributed by atoms with Gasteiger partial charge < -0.3 is 29.2 Å².